The van der Waals surface area contributed by atoms with Gasteiger partial charge in [-0.3, -0.25) is 0 Å². The fourth-order valence-corrected chi connectivity index (χ4v) is 2.39. The number of thiazole rings is 1. The van der Waals surface area contributed by atoms with Crippen LogP contribution < -0.4 is 10.6 Å². The van der Waals surface area contributed by atoms with Gasteiger partial charge in [-0.2, -0.15) is 0 Å². The first-order valence-corrected chi connectivity index (χ1v) is 8.62. The van der Waals surface area contributed by atoms with E-state index < -0.39 is 29.4 Å². The number of hydrogen-bond donors (Lipinski definition) is 2. The number of amides is 2. The Labute approximate surface area is 147 Å². The minimum absolute atomic E-state index is 0.150. The van der Waals surface area contributed by atoms with Crippen LogP contribution in [0.2, 0.25) is 0 Å². The molecule has 0 aliphatic heterocycles. The molecule has 0 spiro atoms. The third-order valence-corrected chi connectivity index (χ3v) is 3.33. The average Bonchev–Trinajstić information content (AvgIpc) is 2.76. The monoisotopic (exact) mass is 357 g/mol. The average molecular weight is 357 g/mol. The summed E-state index contributed by atoms with van der Waals surface area (Å²) in [5.41, 5.74) is -0.528. The largest absolute Gasteiger partial charge is 0.444 e. The Hall–Kier alpha value is -1.83. The van der Waals surface area contributed by atoms with Crippen LogP contribution in [0.5, 0.6) is 0 Å². The summed E-state index contributed by atoms with van der Waals surface area (Å²) in [7, 11) is 0. The highest BCUT2D eigenvalue weighted by molar-refractivity contribution is 7.09. The first-order valence-electron chi connectivity index (χ1n) is 7.74. The molecule has 1 atom stereocenters. The van der Waals surface area contributed by atoms with Crippen molar-refractivity contribution in [1.82, 2.24) is 15.6 Å². The van der Waals surface area contributed by atoms with Crippen LogP contribution in [-0.2, 0) is 9.47 Å². The molecule has 0 unspecified atom stereocenters. The molecule has 7 nitrogen and oxygen atoms in total. The molecule has 8 heteroatoms. The molecule has 1 heterocycles. The van der Waals surface area contributed by atoms with Gasteiger partial charge in [-0.1, -0.05) is 0 Å². The van der Waals surface area contributed by atoms with Gasteiger partial charge in [0, 0.05) is 11.9 Å². The zero-order valence-electron chi connectivity index (χ0n) is 15.4. The van der Waals surface area contributed by atoms with E-state index in [-0.39, 0.29) is 6.54 Å². The van der Waals surface area contributed by atoms with E-state index >= 15 is 0 Å². The van der Waals surface area contributed by atoms with Crippen molar-refractivity contribution in [2.24, 2.45) is 0 Å². The highest BCUT2D eigenvalue weighted by Crippen LogP contribution is 2.17. The molecule has 2 amide bonds. The fourth-order valence-electron chi connectivity index (χ4n) is 1.72. The number of rotatable bonds is 4. The van der Waals surface area contributed by atoms with Gasteiger partial charge in [-0.25, -0.2) is 14.6 Å². The summed E-state index contributed by atoms with van der Waals surface area (Å²) in [5, 5.41) is 8.10. The third-order valence-electron chi connectivity index (χ3n) is 2.53. The number of nitrogens with zero attached hydrogens (tertiary/aromatic N) is 1. The Morgan fingerprint density at radius 2 is 1.67 bits per heavy atom. The van der Waals surface area contributed by atoms with Crippen molar-refractivity contribution in [2.45, 2.75) is 65.7 Å². The standard InChI is InChI=1S/C16H27N3O4S/c1-10-18-12(9-24-10)11(19-14(21)23-16(5,6)7)8-17-13(20)22-15(2,3)4/h9,11H,8H2,1-7H3,(H,17,20)(H,19,21)/t11-/m1/s1. The molecule has 24 heavy (non-hydrogen) atoms. The van der Waals surface area contributed by atoms with Crippen molar-refractivity contribution in [3.05, 3.63) is 16.1 Å². The summed E-state index contributed by atoms with van der Waals surface area (Å²) < 4.78 is 10.5. The lowest BCUT2D eigenvalue weighted by atomic mass is 10.2. The number of aryl methyl sites for hydroxylation is 1. The molecule has 1 rings (SSSR count). The van der Waals surface area contributed by atoms with Crippen LogP contribution in [0.4, 0.5) is 9.59 Å². The maximum absolute atomic E-state index is 12.0. The summed E-state index contributed by atoms with van der Waals surface area (Å²) >= 11 is 1.47. The Morgan fingerprint density at radius 1 is 1.12 bits per heavy atom. The minimum Gasteiger partial charge on any atom is -0.444 e. The third kappa shape index (κ3) is 8.14. The normalized spacial score (nSPS) is 13.1. The summed E-state index contributed by atoms with van der Waals surface area (Å²) in [5.74, 6) is 0. The number of alkyl carbamates (subject to hydrolysis) is 2. The van der Waals surface area contributed by atoms with Gasteiger partial charge in [0.2, 0.25) is 0 Å². The maximum atomic E-state index is 12.0. The number of carbonyl (C=O) groups is 2. The lowest BCUT2D eigenvalue weighted by Gasteiger charge is -2.24. The first kappa shape index (κ1) is 20.2. The van der Waals surface area contributed by atoms with Crippen LogP contribution in [0.15, 0.2) is 5.38 Å². The predicted molar refractivity (Wildman–Crippen MR) is 93.2 cm³/mol. The molecule has 0 radical (unpaired) electrons. The quantitative estimate of drug-likeness (QED) is 0.860. The van der Waals surface area contributed by atoms with Crippen molar-refractivity contribution in [3.63, 3.8) is 0 Å². The van der Waals surface area contributed by atoms with Crippen molar-refractivity contribution < 1.29 is 19.1 Å². The number of aromatic nitrogens is 1. The molecule has 1 aromatic rings. The summed E-state index contributed by atoms with van der Waals surface area (Å²) in [6, 6.07) is -0.502. The van der Waals surface area contributed by atoms with Gasteiger partial charge in [-0.05, 0) is 48.5 Å². The summed E-state index contributed by atoms with van der Waals surface area (Å²) in [4.78, 5) is 28.2. The van der Waals surface area contributed by atoms with Crippen molar-refractivity contribution >= 4 is 23.5 Å². The molecule has 2 N–H and O–H groups in total. The minimum atomic E-state index is -0.606. The molecular formula is C16H27N3O4S. The van der Waals surface area contributed by atoms with Gasteiger partial charge in [0.15, 0.2) is 0 Å². The molecule has 0 aliphatic rings. The van der Waals surface area contributed by atoms with Gasteiger partial charge in [0.05, 0.1) is 16.7 Å². The van der Waals surface area contributed by atoms with Crippen molar-refractivity contribution in [2.75, 3.05) is 6.54 Å². The zero-order valence-corrected chi connectivity index (χ0v) is 16.2. The molecular weight excluding hydrogens is 330 g/mol. The second-order valence-corrected chi connectivity index (χ2v) is 8.44. The second kappa shape index (κ2) is 7.83. The van der Waals surface area contributed by atoms with Gasteiger partial charge in [0.25, 0.3) is 0 Å². The highest BCUT2D eigenvalue weighted by Gasteiger charge is 2.23. The number of ether oxygens (including phenoxy) is 2. The van der Waals surface area contributed by atoms with Crippen LogP contribution in [0.3, 0.4) is 0 Å². The Balaban J connectivity index is 2.72. The van der Waals surface area contributed by atoms with E-state index in [4.69, 9.17) is 9.47 Å². The fraction of sp³-hybridized carbons (Fsp3) is 0.688. The van der Waals surface area contributed by atoms with Crippen LogP contribution in [0.1, 0.15) is 58.3 Å². The van der Waals surface area contributed by atoms with Crippen LogP contribution in [0, 0.1) is 6.92 Å². The van der Waals surface area contributed by atoms with Gasteiger partial charge >= 0.3 is 12.2 Å². The number of nitrogens with one attached hydrogen (secondary N) is 2. The van der Waals surface area contributed by atoms with Gasteiger partial charge in [0.1, 0.15) is 11.2 Å². The molecule has 0 fully saturated rings. The first-order chi connectivity index (χ1) is 10.9. The topological polar surface area (TPSA) is 89.5 Å². The van der Waals surface area contributed by atoms with E-state index in [2.05, 4.69) is 15.6 Å². The van der Waals surface area contributed by atoms with E-state index in [1.807, 2.05) is 12.3 Å². The van der Waals surface area contributed by atoms with Gasteiger partial charge < -0.3 is 20.1 Å². The van der Waals surface area contributed by atoms with Crippen LogP contribution in [0.25, 0.3) is 0 Å². The number of hydrogen-bond acceptors (Lipinski definition) is 6. The predicted octanol–water partition coefficient (Wildman–Crippen LogP) is 3.54. The Morgan fingerprint density at radius 3 is 2.12 bits per heavy atom. The van der Waals surface area contributed by atoms with E-state index in [0.717, 1.165) is 5.01 Å². The molecule has 0 aliphatic carbocycles. The smallest absolute Gasteiger partial charge is 0.408 e. The summed E-state index contributed by atoms with van der Waals surface area (Å²) in [6.07, 6.45) is -1.12. The molecule has 0 saturated heterocycles. The van der Waals surface area contributed by atoms with Crippen molar-refractivity contribution in [3.8, 4) is 0 Å². The van der Waals surface area contributed by atoms with E-state index in [1.165, 1.54) is 11.3 Å². The highest BCUT2D eigenvalue weighted by atomic mass is 32.1. The van der Waals surface area contributed by atoms with Crippen molar-refractivity contribution in [1.29, 1.82) is 0 Å². The zero-order chi connectivity index (χ0) is 18.5. The van der Waals surface area contributed by atoms with Gasteiger partial charge in [-0.15, -0.1) is 11.3 Å². The van der Waals surface area contributed by atoms with Crippen LogP contribution >= 0.6 is 11.3 Å². The van der Waals surface area contributed by atoms with Crippen LogP contribution in [-0.4, -0.2) is 34.9 Å². The second-order valence-electron chi connectivity index (χ2n) is 7.37. The SMILES string of the molecule is Cc1nc([C@@H](CNC(=O)OC(C)(C)C)NC(=O)OC(C)(C)C)cs1. The lowest BCUT2D eigenvalue weighted by Crippen LogP contribution is -2.42. The molecule has 0 aromatic carbocycles. The molecule has 0 bridgehead atoms. The lowest BCUT2D eigenvalue weighted by molar-refractivity contribution is 0.0462. The van der Waals surface area contributed by atoms with E-state index in [0.29, 0.717) is 5.69 Å². The Kier molecular flexibility index (Phi) is 6.59. The number of carbonyl (C=O) groups excluding carboxylic acids is 2. The molecule has 0 saturated carbocycles. The maximum Gasteiger partial charge on any atom is 0.408 e. The van der Waals surface area contributed by atoms with E-state index in [9.17, 15) is 9.59 Å². The van der Waals surface area contributed by atoms with E-state index in [1.54, 1.807) is 41.5 Å². The molecule has 1 aromatic heterocycles. The Bertz CT molecular complexity index is 573. The molecule has 136 valence electrons. The summed E-state index contributed by atoms with van der Waals surface area (Å²) in [6.45, 7) is 12.7.